The van der Waals surface area contributed by atoms with Crippen molar-refractivity contribution in [1.29, 1.82) is 0 Å². The molecule has 0 spiro atoms. The molecule has 0 heterocycles. The molecule has 2 fully saturated rings. The van der Waals surface area contributed by atoms with Gasteiger partial charge in [0.05, 0.1) is 0 Å². The molecule has 0 aromatic carbocycles. The summed E-state index contributed by atoms with van der Waals surface area (Å²) in [5, 5.41) is 0. The predicted molar refractivity (Wildman–Crippen MR) is 131 cm³/mol. The van der Waals surface area contributed by atoms with Gasteiger partial charge in [0.25, 0.3) is 0 Å². The zero-order valence-corrected chi connectivity index (χ0v) is 21.6. The summed E-state index contributed by atoms with van der Waals surface area (Å²) in [6.07, 6.45) is 16.8. The Morgan fingerprint density at radius 3 is 2.55 bits per heavy atom. The zero-order valence-electron chi connectivity index (χ0n) is 21.6. The molecule has 0 saturated heterocycles. The molecule has 0 unspecified atom stereocenters. The molecular formula is C29H50O2. The molecule has 0 radical (unpaired) electrons. The summed E-state index contributed by atoms with van der Waals surface area (Å²) in [7, 11) is 0. The molecule has 7 atom stereocenters. The molecule has 178 valence electrons. The topological polar surface area (TPSA) is 26.3 Å². The van der Waals surface area contributed by atoms with Crippen molar-refractivity contribution in [2.75, 3.05) is 0 Å². The van der Waals surface area contributed by atoms with Crippen molar-refractivity contribution < 1.29 is 9.53 Å². The van der Waals surface area contributed by atoms with Crippen LogP contribution in [0, 0.1) is 40.4 Å². The Bertz CT molecular complexity index is 649. The summed E-state index contributed by atoms with van der Waals surface area (Å²) in [6.45, 7) is 16.4. The largest absolute Gasteiger partial charge is 0.462 e. The van der Waals surface area contributed by atoms with Gasteiger partial charge in [0.2, 0.25) is 0 Å². The van der Waals surface area contributed by atoms with Crippen LogP contribution < -0.4 is 0 Å². The highest BCUT2D eigenvalue weighted by Gasteiger charge is 2.52. The van der Waals surface area contributed by atoms with Crippen LogP contribution in [-0.2, 0) is 9.53 Å². The van der Waals surface area contributed by atoms with E-state index in [2.05, 4.69) is 47.6 Å². The lowest BCUT2D eigenvalue weighted by Gasteiger charge is -2.49. The van der Waals surface area contributed by atoms with Crippen LogP contribution in [0.2, 0.25) is 0 Å². The Morgan fingerprint density at radius 1 is 1.16 bits per heavy atom. The standard InChI is InChI=1S/C29H50O2/c1-8-29(7)26(21(4)11-9-10-20(2)3)14-15-27(29)23-12-13-24-18-25(31-22(5)30)16-17-28(24,6)19-23/h13,20-21,23,25-27H,8-12,14-19H2,1-7H3/t21-,23-,25+,26-,27+,28-,29-/m1/s1. The number of rotatable bonds is 8. The van der Waals surface area contributed by atoms with Crippen LogP contribution in [0.1, 0.15) is 119 Å². The lowest BCUT2D eigenvalue weighted by molar-refractivity contribution is -0.147. The maximum atomic E-state index is 11.4. The van der Waals surface area contributed by atoms with Crippen LogP contribution in [0.4, 0.5) is 0 Å². The molecule has 3 aliphatic rings. The number of hydrogen-bond donors (Lipinski definition) is 0. The van der Waals surface area contributed by atoms with Crippen molar-refractivity contribution in [2.45, 2.75) is 125 Å². The van der Waals surface area contributed by atoms with E-state index in [-0.39, 0.29) is 12.1 Å². The Hall–Kier alpha value is -0.790. The van der Waals surface area contributed by atoms with E-state index in [4.69, 9.17) is 4.74 Å². The van der Waals surface area contributed by atoms with E-state index in [9.17, 15) is 4.79 Å². The van der Waals surface area contributed by atoms with Crippen molar-refractivity contribution in [3.05, 3.63) is 11.6 Å². The molecular weight excluding hydrogens is 380 g/mol. The SMILES string of the molecule is CC[C@]1(C)[C@@H]([C@H](C)CCCC(C)C)CC[C@H]1[C@@H]1CC=C2C[C@@H](OC(C)=O)CC[C@]2(C)C1. The van der Waals surface area contributed by atoms with Crippen molar-refractivity contribution in [3.63, 3.8) is 0 Å². The third-order valence-corrected chi connectivity index (χ3v) is 9.89. The van der Waals surface area contributed by atoms with Crippen LogP contribution in [0.15, 0.2) is 11.6 Å². The van der Waals surface area contributed by atoms with Crippen LogP contribution in [-0.4, -0.2) is 12.1 Å². The van der Waals surface area contributed by atoms with E-state index in [1.807, 2.05) is 0 Å². The van der Waals surface area contributed by atoms with Gasteiger partial charge in [-0.3, -0.25) is 4.79 Å². The summed E-state index contributed by atoms with van der Waals surface area (Å²) in [5.74, 6) is 4.17. The number of ether oxygens (including phenoxy) is 1. The first kappa shape index (κ1) is 24.8. The average Bonchev–Trinajstić information content (AvgIpc) is 3.04. The van der Waals surface area contributed by atoms with Crippen LogP contribution in [0.3, 0.4) is 0 Å². The minimum Gasteiger partial charge on any atom is -0.462 e. The highest BCUT2D eigenvalue weighted by atomic mass is 16.5. The van der Waals surface area contributed by atoms with E-state index < -0.39 is 0 Å². The van der Waals surface area contributed by atoms with Crippen LogP contribution in [0.5, 0.6) is 0 Å². The van der Waals surface area contributed by atoms with Crippen LogP contribution in [0.25, 0.3) is 0 Å². The predicted octanol–water partition coefficient (Wildman–Crippen LogP) is 8.35. The molecule has 3 aliphatic carbocycles. The zero-order chi connectivity index (χ0) is 22.8. The third kappa shape index (κ3) is 5.41. The second-order valence-electron chi connectivity index (χ2n) is 12.4. The first-order chi connectivity index (χ1) is 14.6. The lowest BCUT2D eigenvalue weighted by atomic mass is 9.56. The molecule has 3 rings (SSSR count). The first-order valence-corrected chi connectivity index (χ1v) is 13.5. The van der Waals surface area contributed by atoms with E-state index in [1.165, 1.54) is 57.8 Å². The molecule has 0 N–H and O–H groups in total. The molecule has 31 heavy (non-hydrogen) atoms. The normalized spacial score (nSPS) is 39.2. The van der Waals surface area contributed by atoms with Gasteiger partial charge >= 0.3 is 5.97 Å². The second-order valence-corrected chi connectivity index (χ2v) is 12.4. The Kier molecular flexibility index (Phi) is 8.02. The molecule has 0 aromatic heterocycles. The number of allylic oxidation sites excluding steroid dienone is 1. The summed E-state index contributed by atoms with van der Waals surface area (Å²) in [6, 6.07) is 0. The van der Waals surface area contributed by atoms with Gasteiger partial charge in [-0.15, -0.1) is 0 Å². The minimum absolute atomic E-state index is 0.108. The number of esters is 1. The van der Waals surface area contributed by atoms with Crippen molar-refractivity contribution in [1.82, 2.24) is 0 Å². The Labute approximate surface area is 193 Å². The van der Waals surface area contributed by atoms with E-state index >= 15 is 0 Å². The maximum Gasteiger partial charge on any atom is 0.302 e. The molecule has 2 saturated carbocycles. The molecule has 0 aliphatic heterocycles. The number of carbonyl (C=O) groups excluding carboxylic acids is 1. The average molecular weight is 431 g/mol. The monoisotopic (exact) mass is 430 g/mol. The Balaban J connectivity index is 1.67. The quantitative estimate of drug-likeness (QED) is 0.286. The fraction of sp³-hybridized carbons (Fsp3) is 0.897. The fourth-order valence-electron chi connectivity index (χ4n) is 7.97. The highest BCUT2D eigenvalue weighted by Crippen LogP contribution is 2.60. The lowest BCUT2D eigenvalue weighted by Crippen LogP contribution is -2.41. The third-order valence-electron chi connectivity index (χ3n) is 9.89. The van der Waals surface area contributed by atoms with Gasteiger partial charge in [-0.25, -0.2) is 0 Å². The summed E-state index contributed by atoms with van der Waals surface area (Å²) in [5.41, 5.74) is 2.41. The van der Waals surface area contributed by atoms with Crippen molar-refractivity contribution >= 4 is 5.97 Å². The smallest absolute Gasteiger partial charge is 0.302 e. The summed E-state index contributed by atoms with van der Waals surface area (Å²) < 4.78 is 5.57. The highest BCUT2D eigenvalue weighted by molar-refractivity contribution is 5.66. The minimum atomic E-state index is -0.124. The molecule has 2 nitrogen and oxygen atoms in total. The van der Waals surface area contributed by atoms with Crippen molar-refractivity contribution in [3.8, 4) is 0 Å². The number of fused-ring (bicyclic) bond motifs is 1. The molecule has 0 aromatic rings. The maximum absolute atomic E-state index is 11.4. The fourth-order valence-corrected chi connectivity index (χ4v) is 7.97. The van der Waals surface area contributed by atoms with Gasteiger partial charge in [0.1, 0.15) is 6.10 Å². The molecule has 0 amide bonds. The van der Waals surface area contributed by atoms with Crippen LogP contribution >= 0.6 is 0 Å². The number of hydrogen-bond acceptors (Lipinski definition) is 2. The summed E-state index contributed by atoms with van der Waals surface area (Å²) in [4.78, 5) is 11.4. The second kappa shape index (κ2) is 10.0. The van der Waals surface area contributed by atoms with Gasteiger partial charge in [-0.05, 0) is 78.9 Å². The first-order valence-electron chi connectivity index (χ1n) is 13.5. The Morgan fingerprint density at radius 2 is 1.90 bits per heavy atom. The van der Waals surface area contributed by atoms with Crippen molar-refractivity contribution in [2.24, 2.45) is 40.4 Å². The van der Waals surface area contributed by atoms with E-state index in [0.717, 1.165) is 42.4 Å². The van der Waals surface area contributed by atoms with Gasteiger partial charge in [0, 0.05) is 13.3 Å². The van der Waals surface area contributed by atoms with Gasteiger partial charge in [-0.1, -0.05) is 78.9 Å². The molecule has 0 bridgehead atoms. The molecule has 2 heteroatoms. The summed E-state index contributed by atoms with van der Waals surface area (Å²) >= 11 is 0. The van der Waals surface area contributed by atoms with E-state index in [0.29, 0.717) is 10.8 Å². The number of carbonyl (C=O) groups is 1. The van der Waals surface area contributed by atoms with Gasteiger partial charge in [-0.2, -0.15) is 0 Å². The van der Waals surface area contributed by atoms with E-state index in [1.54, 1.807) is 12.5 Å². The van der Waals surface area contributed by atoms with Gasteiger partial charge < -0.3 is 4.74 Å². The van der Waals surface area contributed by atoms with Gasteiger partial charge in [0.15, 0.2) is 0 Å².